The molecule has 2 aliphatic rings. The van der Waals surface area contributed by atoms with Crippen molar-refractivity contribution >= 4 is 0 Å². The normalized spacial score (nSPS) is 26.5. The summed E-state index contributed by atoms with van der Waals surface area (Å²) in [7, 11) is 3.76. The molecule has 17 heavy (non-hydrogen) atoms. The van der Waals surface area contributed by atoms with E-state index in [9.17, 15) is 0 Å². The Labute approximate surface area is 106 Å². The molecule has 2 heteroatoms. The Kier molecular flexibility index (Phi) is 5.30. The zero-order valence-electron chi connectivity index (χ0n) is 11.5. The minimum absolute atomic E-state index is 0.433. The van der Waals surface area contributed by atoms with Crippen LogP contribution in [-0.2, 0) is 9.47 Å². The molecule has 2 saturated carbocycles. The van der Waals surface area contributed by atoms with Gasteiger partial charge in [-0.1, -0.05) is 25.7 Å². The topological polar surface area (TPSA) is 18.5 Å². The highest BCUT2D eigenvalue weighted by Crippen LogP contribution is 2.35. The van der Waals surface area contributed by atoms with Gasteiger partial charge in [0.1, 0.15) is 0 Å². The minimum atomic E-state index is 0.433. The first-order chi connectivity index (χ1) is 8.35. The fourth-order valence-electron chi connectivity index (χ4n) is 3.85. The Morgan fingerprint density at radius 1 is 0.765 bits per heavy atom. The summed E-state index contributed by atoms with van der Waals surface area (Å²) in [6.07, 6.45) is 13.0. The van der Waals surface area contributed by atoms with Gasteiger partial charge in [0.15, 0.2) is 0 Å². The van der Waals surface area contributed by atoms with E-state index < -0.39 is 0 Å². The predicted molar refractivity (Wildman–Crippen MR) is 70.1 cm³/mol. The van der Waals surface area contributed by atoms with Gasteiger partial charge in [-0.25, -0.2) is 0 Å². The first-order valence-corrected chi connectivity index (χ1v) is 7.40. The van der Waals surface area contributed by atoms with Crippen molar-refractivity contribution in [2.75, 3.05) is 14.2 Å². The fourth-order valence-corrected chi connectivity index (χ4v) is 3.85. The maximum atomic E-state index is 5.75. The summed E-state index contributed by atoms with van der Waals surface area (Å²) in [6.45, 7) is 0. The van der Waals surface area contributed by atoms with E-state index in [0.717, 1.165) is 18.3 Å². The number of hydrogen-bond donors (Lipinski definition) is 0. The Hall–Kier alpha value is -0.0800. The predicted octanol–water partition coefficient (Wildman–Crippen LogP) is 3.79. The molecule has 2 atom stereocenters. The van der Waals surface area contributed by atoms with Crippen LogP contribution in [0.2, 0.25) is 0 Å². The standard InChI is InChI=1S/C15H28O2/c1-16-14(12-7-3-4-8-12)11-15(17-2)13-9-5-6-10-13/h12-15H,3-11H2,1-2H3. The largest absolute Gasteiger partial charge is 0.381 e. The van der Waals surface area contributed by atoms with Crippen molar-refractivity contribution in [2.45, 2.75) is 70.0 Å². The quantitative estimate of drug-likeness (QED) is 0.703. The second kappa shape index (κ2) is 6.75. The van der Waals surface area contributed by atoms with Crippen LogP contribution in [0.15, 0.2) is 0 Å². The average Bonchev–Trinajstić information content (AvgIpc) is 3.03. The zero-order chi connectivity index (χ0) is 12.1. The van der Waals surface area contributed by atoms with E-state index in [0.29, 0.717) is 12.2 Å². The van der Waals surface area contributed by atoms with Crippen molar-refractivity contribution < 1.29 is 9.47 Å². The molecule has 2 rings (SSSR count). The summed E-state index contributed by atoms with van der Waals surface area (Å²) in [5.74, 6) is 1.58. The Bertz CT molecular complexity index is 183. The van der Waals surface area contributed by atoms with E-state index in [1.54, 1.807) is 0 Å². The van der Waals surface area contributed by atoms with E-state index in [-0.39, 0.29) is 0 Å². The summed E-state index contributed by atoms with van der Waals surface area (Å²) in [5.41, 5.74) is 0. The van der Waals surface area contributed by atoms with Gasteiger partial charge in [0.2, 0.25) is 0 Å². The Balaban J connectivity index is 1.86. The van der Waals surface area contributed by atoms with Crippen LogP contribution in [0.3, 0.4) is 0 Å². The molecule has 2 nitrogen and oxygen atoms in total. The third kappa shape index (κ3) is 3.45. The molecule has 100 valence electrons. The van der Waals surface area contributed by atoms with Gasteiger partial charge in [-0.05, 0) is 37.5 Å². The van der Waals surface area contributed by atoms with Crippen molar-refractivity contribution in [1.29, 1.82) is 0 Å². The summed E-state index contributed by atoms with van der Waals surface area (Å²) in [4.78, 5) is 0. The van der Waals surface area contributed by atoms with Gasteiger partial charge < -0.3 is 9.47 Å². The van der Waals surface area contributed by atoms with Gasteiger partial charge in [-0.3, -0.25) is 0 Å². The highest BCUT2D eigenvalue weighted by Gasteiger charge is 2.31. The lowest BCUT2D eigenvalue weighted by molar-refractivity contribution is -0.0256. The van der Waals surface area contributed by atoms with E-state index in [1.807, 2.05) is 14.2 Å². The lowest BCUT2D eigenvalue weighted by atomic mass is 9.89. The molecule has 0 radical (unpaired) electrons. The number of ether oxygens (including phenoxy) is 2. The molecule has 0 bridgehead atoms. The van der Waals surface area contributed by atoms with Gasteiger partial charge in [0.05, 0.1) is 12.2 Å². The molecule has 0 aromatic heterocycles. The van der Waals surface area contributed by atoms with E-state index in [4.69, 9.17) is 9.47 Å². The fraction of sp³-hybridized carbons (Fsp3) is 1.00. The molecule has 0 aromatic rings. The van der Waals surface area contributed by atoms with E-state index in [2.05, 4.69) is 0 Å². The lowest BCUT2D eigenvalue weighted by Gasteiger charge is -2.29. The van der Waals surface area contributed by atoms with Gasteiger partial charge in [-0.2, -0.15) is 0 Å². The second-order valence-electron chi connectivity index (χ2n) is 5.87. The summed E-state index contributed by atoms with van der Waals surface area (Å²) >= 11 is 0. The minimum Gasteiger partial charge on any atom is -0.381 e. The number of methoxy groups -OCH3 is 2. The van der Waals surface area contributed by atoms with Crippen LogP contribution >= 0.6 is 0 Å². The van der Waals surface area contributed by atoms with Crippen molar-refractivity contribution in [1.82, 2.24) is 0 Å². The molecule has 0 amide bonds. The maximum Gasteiger partial charge on any atom is 0.0624 e. The maximum absolute atomic E-state index is 5.75. The van der Waals surface area contributed by atoms with Crippen LogP contribution < -0.4 is 0 Å². The van der Waals surface area contributed by atoms with Crippen LogP contribution in [0.4, 0.5) is 0 Å². The van der Waals surface area contributed by atoms with Crippen LogP contribution in [0, 0.1) is 11.8 Å². The SMILES string of the molecule is COC(CC(OC)C1CCCC1)C1CCCC1. The van der Waals surface area contributed by atoms with Gasteiger partial charge in [0, 0.05) is 20.6 Å². The highest BCUT2D eigenvalue weighted by atomic mass is 16.5. The van der Waals surface area contributed by atoms with Crippen LogP contribution in [-0.4, -0.2) is 26.4 Å². The van der Waals surface area contributed by atoms with Crippen molar-refractivity contribution in [3.63, 3.8) is 0 Å². The highest BCUT2D eigenvalue weighted by molar-refractivity contribution is 4.83. The molecule has 2 unspecified atom stereocenters. The van der Waals surface area contributed by atoms with Crippen LogP contribution in [0.25, 0.3) is 0 Å². The molecule has 0 heterocycles. The Morgan fingerprint density at radius 2 is 1.12 bits per heavy atom. The van der Waals surface area contributed by atoms with Gasteiger partial charge >= 0.3 is 0 Å². The molecule has 0 aromatic carbocycles. The monoisotopic (exact) mass is 240 g/mol. The third-order valence-corrected chi connectivity index (χ3v) is 4.92. The molecule has 2 aliphatic carbocycles. The first-order valence-electron chi connectivity index (χ1n) is 7.40. The molecular weight excluding hydrogens is 212 g/mol. The second-order valence-corrected chi connectivity index (χ2v) is 5.87. The first kappa shape index (κ1) is 13.4. The van der Waals surface area contributed by atoms with Crippen LogP contribution in [0.5, 0.6) is 0 Å². The van der Waals surface area contributed by atoms with E-state index >= 15 is 0 Å². The van der Waals surface area contributed by atoms with Gasteiger partial charge in [-0.15, -0.1) is 0 Å². The molecule has 0 saturated heterocycles. The number of rotatable bonds is 6. The smallest absolute Gasteiger partial charge is 0.0624 e. The molecule has 0 N–H and O–H groups in total. The number of hydrogen-bond acceptors (Lipinski definition) is 2. The molecular formula is C15H28O2. The van der Waals surface area contributed by atoms with Crippen LogP contribution in [0.1, 0.15) is 57.8 Å². The Morgan fingerprint density at radius 3 is 1.41 bits per heavy atom. The molecule has 2 fully saturated rings. The zero-order valence-corrected chi connectivity index (χ0v) is 11.5. The summed E-state index contributed by atoms with van der Waals surface area (Å²) in [6, 6.07) is 0. The van der Waals surface area contributed by atoms with E-state index in [1.165, 1.54) is 51.4 Å². The third-order valence-electron chi connectivity index (χ3n) is 4.92. The summed E-state index contributed by atoms with van der Waals surface area (Å²) in [5, 5.41) is 0. The average molecular weight is 240 g/mol. The summed E-state index contributed by atoms with van der Waals surface area (Å²) < 4.78 is 11.5. The van der Waals surface area contributed by atoms with Crippen molar-refractivity contribution in [3.8, 4) is 0 Å². The van der Waals surface area contributed by atoms with Gasteiger partial charge in [0.25, 0.3) is 0 Å². The molecule has 0 spiro atoms. The van der Waals surface area contributed by atoms with Crippen molar-refractivity contribution in [2.24, 2.45) is 11.8 Å². The lowest BCUT2D eigenvalue weighted by Crippen LogP contribution is -2.31. The molecule has 0 aliphatic heterocycles. The van der Waals surface area contributed by atoms with Crippen molar-refractivity contribution in [3.05, 3.63) is 0 Å².